The number of nitrogens with one attached hydrogen (secondary N) is 1. The van der Waals surface area contributed by atoms with Crippen LogP contribution >= 0.6 is 11.8 Å². The van der Waals surface area contributed by atoms with Gasteiger partial charge in [0.15, 0.2) is 5.69 Å². The first kappa shape index (κ1) is 25.4. The largest absolute Gasteiger partial charge is 0.433 e. The number of rotatable bonds is 6. The lowest BCUT2D eigenvalue weighted by Gasteiger charge is -2.16. The molecule has 0 radical (unpaired) electrons. The fourth-order valence-electron chi connectivity index (χ4n) is 4.02. The summed E-state index contributed by atoms with van der Waals surface area (Å²) in [5.41, 5.74) is 8.56. The first-order valence-electron chi connectivity index (χ1n) is 11.0. The molecule has 3 heterocycles. The zero-order valence-corrected chi connectivity index (χ0v) is 20.7. The zero-order valence-electron chi connectivity index (χ0n) is 19.9. The van der Waals surface area contributed by atoms with E-state index in [2.05, 4.69) is 38.5 Å². The van der Waals surface area contributed by atoms with Gasteiger partial charge in [-0.1, -0.05) is 0 Å². The summed E-state index contributed by atoms with van der Waals surface area (Å²) >= 11 is 1.61. The smallest absolute Gasteiger partial charge is 0.384 e. The minimum Gasteiger partial charge on any atom is -0.384 e. The highest BCUT2D eigenvalue weighted by atomic mass is 32.2. The minimum absolute atomic E-state index is 0.121. The molecule has 3 N–H and O–H groups in total. The second kappa shape index (κ2) is 10.1. The van der Waals surface area contributed by atoms with E-state index in [9.17, 15) is 18.0 Å². The molecule has 0 fully saturated rings. The zero-order chi connectivity index (χ0) is 26.0. The number of fused-ring (bicyclic) bond motifs is 1. The van der Waals surface area contributed by atoms with Crippen molar-refractivity contribution in [1.29, 1.82) is 0 Å². The Morgan fingerprint density at radius 1 is 1.11 bits per heavy atom. The Balaban J connectivity index is 1.55. The predicted molar refractivity (Wildman–Crippen MR) is 135 cm³/mol. The predicted octanol–water partition coefficient (Wildman–Crippen LogP) is 5.49. The van der Waals surface area contributed by atoms with Crippen LogP contribution in [0.2, 0.25) is 0 Å². The number of nitrogens with two attached hydrogens (primary N) is 1. The van der Waals surface area contributed by atoms with Gasteiger partial charge in [0.2, 0.25) is 0 Å². The van der Waals surface area contributed by atoms with Crippen molar-refractivity contribution >= 4 is 34.4 Å². The summed E-state index contributed by atoms with van der Waals surface area (Å²) in [7, 11) is 0. The van der Waals surface area contributed by atoms with Crippen LogP contribution in [-0.2, 0) is 19.1 Å². The highest BCUT2D eigenvalue weighted by Crippen LogP contribution is 2.33. The molecule has 1 amide bonds. The topological polar surface area (TPSA) is 93.8 Å². The first-order valence-corrected chi connectivity index (χ1v) is 12.3. The molecule has 10 heteroatoms. The lowest BCUT2D eigenvalue weighted by molar-refractivity contribution is -0.141. The maximum atomic E-state index is 13.4. The van der Waals surface area contributed by atoms with E-state index < -0.39 is 17.8 Å². The molecule has 4 rings (SSSR count). The molecule has 186 valence electrons. The molecule has 1 aromatic carbocycles. The van der Waals surface area contributed by atoms with Gasteiger partial charge in [0.1, 0.15) is 5.82 Å². The van der Waals surface area contributed by atoms with Crippen LogP contribution in [0.4, 0.5) is 19.0 Å². The van der Waals surface area contributed by atoms with Crippen molar-refractivity contribution in [1.82, 2.24) is 20.3 Å². The monoisotopic (exact) mass is 511 g/mol. The van der Waals surface area contributed by atoms with Gasteiger partial charge in [-0.25, -0.2) is 4.98 Å². The second-order valence-corrected chi connectivity index (χ2v) is 9.31. The summed E-state index contributed by atoms with van der Waals surface area (Å²) in [6.07, 6.45) is 1.14. The van der Waals surface area contributed by atoms with Crippen LogP contribution in [0.3, 0.4) is 0 Å². The fraction of sp³-hybridized carbons (Fsp3) is 0.231. The number of hydrogen-bond acceptors (Lipinski definition) is 6. The van der Waals surface area contributed by atoms with E-state index in [-0.39, 0.29) is 17.9 Å². The number of thioether (sulfide) groups is 1. The molecular formula is C26H24F3N5OS. The van der Waals surface area contributed by atoms with Gasteiger partial charge in [0.05, 0.1) is 5.52 Å². The van der Waals surface area contributed by atoms with Gasteiger partial charge in [-0.3, -0.25) is 14.8 Å². The Morgan fingerprint density at radius 2 is 1.89 bits per heavy atom. The summed E-state index contributed by atoms with van der Waals surface area (Å²) in [5, 5.41) is 3.60. The Hall–Kier alpha value is -3.66. The maximum absolute atomic E-state index is 13.4. The molecule has 6 nitrogen and oxygen atoms in total. The summed E-state index contributed by atoms with van der Waals surface area (Å²) in [5.74, 6) is -0.732. The molecule has 0 aliphatic carbocycles. The van der Waals surface area contributed by atoms with Gasteiger partial charge in [0, 0.05) is 52.5 Å². The van der Waals surface area contributed by atoms with Crippen LogP contribution in [0.5, 0.6) is 0 Å². The van der Waals surface area contributed by atoms with Crippen LogP contribution in [-0.4, -0.2) is 27.1 Å². The number of benzene rings is 1. The van der Waals surface area contributed by atoms with Crippen molar-refractivity contribution in [2.75, 3.05) is 12.0 Å². The molecule has 0 spiro atoms. The molecule has 0 aliphatic heterocycles. The lowest BCUT2D eigenvalue weighted by atomic mass is 10.0. The molecule has 4 aromatic rings. The molecule has 0 saturated heterocycles. The van der Waals surface area contributed by atoms with E-state index in [4.69, 9.17) is 5.73 Å². The van der Waals surface area contributed by atoms with Gasteiger partial charge in [-0.2, -0.15) is 13.2 Å². The normalized spacial score (nSPS) is 11.6. The number of halogens is 3. The van der Waals surface area contributed by atoms with Crippen LogP contribution < -0.4 is 11.1 Å². The van der Waals surface area contributed by atoms with Gasteiger partial charge in [-0.05, 0) is 73.2 Å². The molecule has 0 unspecified atom stereocenters. The lowest BCUT2D eigenvalue weighted by Crippen LogP contribution is -2.26. The Bertz CT molecular complexity index is 1460. The van der Waals surface area contributed by atoms with Crippen LogP contribution in [0.25, 0.3) is 10.9 Å². The molecule has 36 heavy (non-hydrogen) atoms. The third-order valence-electron chi connectivity index (χ3n) is 5.69. The molecule has 0 atom stereocenters. The fourth-order valence-corrected chi connectivity index (χ4v) is 4.65. The number of carbonyl (C=O) groups is 1. The van der Waals surface area contributed by atoms with E-state index in [1.807, 2.05) is 19.4 Å². The number of alkyl halides is 3. The number of hydrogen-bond donors (Lipinski definition) is 2. The van der Waals surface area contributed by atoms with Gasteiger partial charge < -0.3 is 11.1 Å². The van der Waals surface area contributed by atoms with Crippen molar-refractivity contribution in [2.24, 2.45) is 0 Å². The highest BCUT2D eigenvalue weighted by Gasteiger charge is 2.36. The Labute approximate surface area is 210 Å². The number of anilines is 1. The summed E-state index contributed by atoms with van der Waals surface area (Å²) in [6.45, 7) is 3.16. The third-order valence-corrected chi connectivity index (χ3v) is 6.44. The second-order valence-electron chi connectivity index (χ2n) is 8.47. The third kappa shape index (κ3) is 5.59. The van der Waals surface area contributed by atoms with Crippen molar-refractivity contribution in [2.45, 2.75) is 37.9 Å². The van der Waals surface area contributed by atoms with Crippen molar-refractivity contribution in [3.63, 3.8) is 0 Å². The summed E-state index contributed by atoms with van der Waals surface area (Å²) in [6, 6.07) is 10.7. The SMILES string of the molecule is CSc1cc(Cc2cc(C(=O)NCc3c(C)cc(N)nc3C(F)(F)F)ccn2)cc2cc(C)cnc12. The highest BCUT2D eigenvalue weighted by molar-refractivity contribution is 7.98. The van der Waals surface area contributed by atoms with Gasteiger partial charge >= 0.3 is 6.18 Å². The van der Waals surface area contributed by atoms with Gasteiger partial charge in [-0.15, -0.1) is 11.8 Å². The van der Waals surface area contributed by atoms with E-state index in [1.54, 1.807) is 17.8 Å². The van der Waals surface area contributed by atoms with Gasteiger partial charge in [0.25, 0.3) is 5.91 Å². The maximum Gasteiger partial charge on any atom is 0.433 e. The van der Waals surface area contributed by atoms with E-state index >= 15 is 0 Å². The van der Waals surface area contributed by atoms with E-state index in [0.29, 0.717) is 23.2 Å². The summed E-state index contributed by atoms with van der Waals surface area (Å²) < 4.78 is 40.3. The number of nitrogen functional groups attached to an aromatic ring is 1. The van der Waals surface area contributed by atoms with E-state index in [1.165, 1.54) is 25.3 Å². The number of aryl methyl sites for hydroxylation is 2. The standard InChI is InChI=1S/C26H24F3N5OS/c1-14-6-18-8-16(10-21(36-3)23(18)32-12-14)9-19-11-17(4-5-31-19)25(35)33-13-20-15(2)7-22(30)34-24(20)26(27,28)29/h4-8,10-12H,9,13H2,1-3H3,(H2,30,34)(H,33,35). The number of amides is 1. The minimum atomic E-state index is -4.69. The van der Waals surface area contributed by atoms with Crippen molar-refractivity contribution in [3.05, 3.63) is 88.0 Å². The number of aromatic nitrogens is 3. The molecular weight excluding hydrogens is 487 g/mol. The quantitative estimate of drug-likeness (QED) is 0.333. The number of pyridine rings is 3. The number of carbonyl (C=O) groups excluding carboxylic acids is 1. The van der Waals surface area contributed by atoms with Crippen LogP contribution in [0, 0.1) is 13.8 Å². The van der Waals surface area contributed by atoms with Crippen molar-refractivity contribution < 1.29 is 18.0 Å². The van der Waals surface area contributed by atoms with Crippen LogP contribution in [0.1, 0.15) is 44.0 Å². The molecule has 3 aromatic heterocycles. The molecule has 0 saturated carbocycles. The Kier molecular flexibility index (Phi) is 7.16. The molecule has 0 aliphatic rings. The van der Waals surface area contributed by atoms with Crippen molar-refractivity contribution in [3.8, 4) is 0 Å². The summed E-state index contributed by atoms with van der Waals surface area (Å²) in [4.78, 5) is 26.2. The average Bonchev–Trinajstić information content (AvgIpc) is 2.81. The number of nitrogens with zero attached hydrogens (tertiary/aromatic N) is 3. The first-order chi connectivity index (χ1) is 17.0. The molecule has 0 bridgehead atoms. The van der Waals surface area contributed by atoms with E-state index in [0.717, 1.165) is 26.9 Å². The Morgan fingerprint density at radius 3 is 2.61 bits per heavy atom. The van der Waals surface area contributed by atoms with Crippen LogP contribution in [0.15, 0.2) is 53.7 Å². The average molecular weight is 512 g/mol.